The molecule has 60 valence electrons. The number of carbonyl (C=O) groups excluding carboxylic acids is 2. The zero-order valence-electron chi connectivity index (χ0n) is 5.47. The van der Waals surface area contributed by atoms with Gasteiger partial charge < -0.3 is 0 Å². The summed E-state index contributed by atoms with van der Waals surface area (Å²) in [5.41, 5.74) is 0. The summed E-state index contributed by atoms with van der Waals surface area (Å²) in [4.78, 5) is 21.5. The van der Waals surface area contributed by atoms with Crippen molar-refractivity contribution in [3.63, 3.8) is 0 Å². The van der Waals surface area contributed by atoms with Gasteiger partial charge in [0, 0.05) is 11.6 Å². The van der Waals surface area contributed by atoms with Crippen LogP contribution in [0.2, 0.25) is 0 Å². The number of hydrogen-bond acceptors (Lipinski definition) is 6. The fourth-order valence-electron chi connectivity index (χ4n) is 0.269. The van der Waals surface area contributed by atoms with Gasteiger partial charge in [0.1, 0.15) is 0 Å². The van der Waals surface area contributed by atoms with Gasteiger partial charge >= 0.3 is 0 Å². The van der Waals surface area contributed by atoms with Crippen molar-refractivity contribution in [3.05, 3.63) is 11.6 Å². The van der Waals surface area contributed by atoms with Gasteiger partial charge in [0.2, 0.25) is 0 Å². The van der Waals surface area contributed by atoms with Crippen LogP contribution in [0.5, 0.6) is 0 Å². The summed E-state index contributed by atoms with van der Waals surface area (Å²) in [6, 6.07) is 0. The molecular weight excluding hydrogens is 184 g/mol. The summed E-state index contributed by atoms with van der Waals surface area (Å²) >= 11 is 2.73. The van der Waals surface area contributed by atoms with Crippen molar-refractivity contribution in [3.8, 4) is 0 Å². The highest BCUT2D eigenvalue weighted by Crippen LogP contribution is 2.12. The smallest absolute Gasteiger partial charge is 0.182 e. The lowest BCUT2D eigenvalue weighted by molar-refractivity contribution is -0.122. The SMILES string of the molecule is NSc1nccs1.O=CC=O. The van der Waals surface area contributed by atoms with Gasteiger partial charge in [-0.2, -0.15) is 0 Å². The van der Waals surface area contributed by atoms with Crippen molar-refractivity contribution in [2.45, 2.75) is 4.34 Å². The van der Waals surface area contributed by atoms with E-state index in [0.717, 1.165) is 4.34 Å². The summed E-state index contributed by atoms with van der Waals surface area (Å²) in [7, 11) is 0. The van der Waals surface area contributed by atoms with Gasteiger partial charge in [0.15, 0.2) is 16.9 Å². The first-order valence-corrected chi connectivity index (χ1v) is 4.26. The molecule has 0 aliphatic heterocycles. The summed E-state index contributed by atoms with van der Waals surface area (Å²) in [6.45, 7) is 0. The second-order valence-corrected chi connectivity index (χ2v) is 2.96. The van der Waals surface area contributed by atoms with E-state index in [1.54, 1.807) is 17.5 Å². The predicted octanol–water partition coefficient (Wildman–Crippen LogP) is 0.493. The number of hydrogen-bond donors (Lipinski definition) is 1. The molecule has 0 aromatic carbocycles. The number of aromatic nitrogens is 1. The molecule has 0 spiro atoms. The molecule has 1 aromatic rings. The van der Waals surface area contributed by atoms with Gasteiger partial charge in [-0.05, 0) is 11.9 Å². The Morgan fingerprint density at radius 3 is 2.36 bits per heavy atom. The van der Waals surface area contributed by atoms with Crippen LogP contribution in [0.3, 0.4) is 0 Å². The van der Waals surface area contributed by atoms with Crippen LogP contribution in [0.25, 0.3) is 0 Å². The fraction of sp³-hybridized carbons (Fsp3) is 0. The normalized spacial score (nSPS) is 7.73. The summed E-state index contributed by atoms with van der Waals surface area (Å²) < 4.78 is 0.917. The standard InChI is InChI=1S/C3H4N2S2.C2H2O2/c4-7-3-5-1-2-6-3;3-1-2-4/h1-2H,4H2;1-2H. The molecule has 0 saturated carbocycles. The second kappa shape index (κ2) is 7.39. The maximum Gasteiger partial charge on any atom is 0.182 e. The number of nitrogens with two attached hydrogens (primary N) is 1. The van der Waals surface area contributed by atoms with E-state index >= 15 is 0 Å². The molecular formula is C5H6N2O2S2. The number of rotatable bonds is 2. The Morgan fingerprint density at radius 2 is 2.18 bits per heavy atom. The lowest BCUT2D eigenvalue weighted by Crippen LogP contribution is -1.73. The van der Waals surface area contributed by atoms with Crippen LogP contribution in [0, 0.1) is 0 Å². The van der Waals surface area contributed by atoms with Crippen molar-refractivity contribution in [2.75, 3.05) is 0 Å². The Balaban J connectivity index is 0.000000218. The van der Waals surface area contributed by atoms with E-state index in [2.05, 4.69) is 4.98 Å². The number of thiazole rings is 1. The second-order valence-electron chi connectivity index (χ2n) is 1.19. The maximum absolute atomic E-state index is 8.81. The van der Waals surface area contributed by atoms with Crippen LogP contribution in [0.1, 0.15) is 0 Å². The van der Waals surface area contributed by atoms with Crippen molar-refractivity contribution >= 4 is 35.9 Å². The molecule has 0 bridgehead atoms. The van der Waals surface area contributed by atoms with E-state index in [9.17, 15) is 0 Å². The van der Waals surface area contributed by atoms with Crippen LogP contribution < -0.4 is 5.14 Å². The van der Waals surface area contributed by atoms with Gasteiger partial charge in [-0.15, -0.1) is 11.3 Å². The highest BCUT2D eigenvalue weighted by Gasteiger charge is 1.86. The molecule has 0 aliphatic carbocycles. The van der Waals surface area contributed by atoms with E-state index < -0.39 is 0 Å². The summed E-state index contributed by atoms with van der Waals surface area (Å²) in [5, 5.41) is 7.06. The average Bonchev–Trinajstić information content (AvgIpc) is 2.56. The molecule has 0 atom stereocenters. The first-order valence-electron chi connectivity index (χ1n) is 2.50. The minimum atomic E-state index is 0.194. The Hall–Kier alpha value is -0.720. The Labute approximate surface area is 71.9 Å². The molecule has 2 N–H and O–H groups in total. The van der Waals surface area contributed by atoms with E-state index in [1.165, 1.54) is 11.9 Å². The first-order chi connectivity index (χ1) is 5.35. The summed E-state index contributed by atoms with van der Waals surface area (Å²) in [6.07, 6.45) is 2.12. The van der Waals surface area contributed by atoms with E-state index in [1.807, 2.05) is 5.38 Å². The lowest BCUT2D eigenvalue weighted by atomic mass is 10.9. The van der Waals surface area contributed by atoms with Gasteiger partial charge in [-0.1, -0.05) is 0 Å². The Bertz CT molecular complexity index is 194. The lowest BCUT2D eigenvalue weighted by Gasteiger charge is -1.76. The number of aldehydes is 2. The minimum Gasteiger partial charge on any atom is -0.295 e. The van der Waals surface area contributed by atoms with Gasteiger partial charge in [0.25, 0.3) is 0 Å². The molecule has 4 nitrogen and oxygen atoms in total. The average molecular weight is 190 g/mol. The zero-order valence-corrected chi connectivity index (χ0v) is 7.10. The third-order valence-corrected chi connectivity index (χ3v) is 2.02. The third kappa shape index (κ3) is 5.71. The predicted molar refractivity (Wildman–Crippen MR) is 44.3 cm³/mol. The molecule has 1 rings (SSSR count). The van der Waals surface area contributed by atoms with Crippen LogP contribution in [-0.2, 0) is 9.59 Å². The summed E-state index contributed by atoms with van der Waals surface area (Å²) in [5.74, 6) is 0. The maximum atomic E-state index is 8.81. The fourth-order valence-corrected chi connectivity index (χ4v) is 1.14. The van der Waals surface area contributed by atoms with Crippen LogP contribution in [-0.4, -0.2) is 17.6 Å². The Morgan fingerprint density at radius 1 is 1.55 bits per heavy atom. The van der Waals surface area contributed by atoms with Crippen molar-refractivity contribution in [1.82, 2.24) is 4.98 Å². The molecule has 1 heterocycles. The van der Waals surface area contributed by atoms with Gasteiger partial charge in [-0.25, -0.2) is 4.98 Å². The topological polar surface area (TPSA) is 73.0 Å². The molecule has 0 saturated heterocycles. The van der Waals surface area contributed by atoms with Gasteiger partial charge in [-0.3, -0.25) is 14.7 Å². The minimum absolute atomic E-state index is 0.194. The number of nitrogens with zero attached hydrogens (tertiary/aromatic N) is 1. The first kappa shape index (κ1) is 10.3. The van der Waals surface area contributed by atoms with Gasteiger partial charge in [0.05, 0.1) is 0 Å². The highest BCUT2D eigenvalue weighted by molar-refractivity contribution is 7.98. The molecule has 0 fully saturated rings. The van der Waals surface area contributed by atoms with E-state index in [4.69, 9.17) is 14.7 Å². The van der Waals surface area contributed by atoms with E-state index in [0.29, 0.717) is 0 Å². The van der Waals surface area contributed by atoms with Crippen molar-refractivity contribution < 1.29 is 9.59 Å². The number of carbonyl (C=O) groups is 2. The monoisotopic (exact) mass is 190 g/mol. The van der Waals surface area contributed by atoms with Crippen LogP contribution in [0.4, 0.5) is 0 Å². The molecule has 0 radical (unpaired) electrons. The molecule has 0 aliphatic rings. The molecule has 0 amide bonds. The van der Waals surface area contributed by atoms with E-state index in [-0.39, 0.29) is 12.6 Å². The highest BCUT2D eigenvalue weighted by atomic mass is 32.2. The van der Waals surface area contributed by atoms with Crippen molar-refractivity contribution in [2.24, 2.45) is 5.14 Å². The molecule has 0 unspecified atom stereocenters. The quantitative estimate of drug-likeness (QED) is 0.417. The van der Waals surface area contributed by atoms with Crippen molar-refractivity contribution in [1.29, 1.82) is 0 Å². The zero-order chi connectivity index (χ0) is 8.53. The third-order valence-electron chi connectivity index (χ3n) is 0.566. The van der Waals surface area contributed by atoms with Crippen LogP contribution >= 0.6 is 23.3 Å². The largest absolute Gasteiger partial charge is 0.295 e. The Kier molecular flexibility index (Phi) is 6.90. The molecule has 1 aromatic heterocycles. The molecule has 11 heavy (non-hydrogen) atoms. The van der Waals surface area contributed by atoms with Crippen LogP contribution in [0.15, 0.2) is 15.9 Å². The molecule has 6 heteroatoms.